The smallest absolute Gasteiger partial charge is 0.324 e. The minimum Gasteiger partial charge on any atom is -0.324 e. The number of allylic oxidation sites excluding steroid dienone is 3. The summed E-state index contributed by atoms with van der Waals surface area (Å²) in [6.07, 6.45) is 2.33. The highest BCUT2D eigenvalue weighted by molar-refractivity contribution is 9.10. The number of benzene rings is 1. The molecule has 0 saturated carbocycles. The molecule has 1 aromatic carbocycles. The molecule has 2 aromatic rings. The van der Waals surface area contributed by atoms with Gasteiger partial charge < -0.3 is 5.32 Å². The zero-order chi connectivity index (χ0) is 20.0. The second-order valence-corrected chi connectivity index (χ2v) is 6.99. The molecular weight excluding hydrogens is 441 g/mol. The average molecular weight is 457 g/mol. The second kappa shape index (κ2) is 9.18. The number of alkyl halides is 3. The molecule has 1 heterocycles. The van der Waals surface area contributed by atoms with Crippen molar-refractivity contribution in [1.82, 2.24) is 9.97 Å². The zero-order valence-electron chi connectivity index (χ0n) is 14.5. The van der Waals surface area contributed by atoms with Crippen LogP contribution in [0.4, 0.5) is 24.8 Å². The lowest BCUT2D eigenvalue weighted by Gasteiger charge is -2.11. The van der Waals surface area contributed by atoms with Crippen molar-refractivity contribution in [1.29, 1.82) is 0 Å². The molecule has 142 valence electrons. The molecule has 0 spiro atoms. The molecule has 0 fully saturated rings. The Morgan fingerprint density at radius 1 is 1.33 bits per heavy atom. The fraction of sp³-hybridized carbons (Fsp3) is 0.167. The SMILES string of the molecule is C=C/C=C(\C)N=C(SC)c1ccnc(Nc2cc(Br)cc(C(F)(F)F)c2)n1. The van der Waals surface area contributed by atoms with Crippen molar-refractivity contribution < 1.29 is 13.2 Å². The van der Waals surface area contributed by atoms with Crippen molar-refractivity contribution in [3.05, 3.63) is 70.6 Å². The number of thioether (sulfide) groups is 1. The summed E-state index contributed by atoms with van der Waals surface area (Å²) in [5.74, 6) is 0.172. The molecule has 0 atom stereocenters. The van der Waals surface area contributed by atoms with E-state index in [4.69, 9.17) is 0 Å². The van der Waals surface area contributed by atoms with Crippen LogP contribution in [0.1, 0.15) is 18.2 Å². The summed E-state index contributed by atoms with van der Waals surface area (Å²) in [5.41, 5.74) is 0.762. The lowest BCUT2D eigenvalue weighted by Crippen LogP contribution is -2.07. The summed E-state index contributed by atoms with van der Waals surface area (Å²) >= 11 is 4.49. The summed E-state index contributed by atoms with van der Waals surface area (Å²) in [5, 5.41) is 3.46. The van der Waals surface area contributed by atoms with E-state index < -0.39 is 11.7 Å². The van der Waals surface area contributed by atoms with Crippen molar-refractivity contribution in [3.8, 4) is 0 Å². The van der Waals surface area contributed by atoms with Crippen LogP contribution in [0.25, 0.3) is 0 Å². The lowest BCUT2D eigenvalue weighted by molar-refractivity contribution is -0.137. The maximum atomic E-state index is 13.0. The van der Waals surface area contributed by atoms with E-state index in [9.17, 15) is 13.2 Å². The molecule has 4 nitrogen and oxygen atoms in total. The molecule has 1 aromatic heterocycles. The highest BCUT2D eigenvalue weighted by Gasteiger charge is 2.31. The Morgan fingerprint density at radius 3 is 2.70 bits per heavy atom. The van der Waals surface area contributed by atoms with Crippen LogP contribution in [0.15, 0.2) is 64.4 Å². The summed E-state index contributed by atoms with van der Waals surface area (Å²) in [6.45, 7) is 5.46. The van der Waals surface area contributed by atoms with Crippen LogP contribution in [0, 0.1) is 0 Å². The summed E-state index contributed by atoms with van der Waals surface area (Å²) in [7, 11) is 0. The predicted molar refractivity (Wildman–Crippen MR) is 108 cm³/mol. The number of aromatic nitrogens is 2. The van der Waals surface area contributed by atoms with E-state index in [0.29, 0.717) is 15.2 Å². The first-order valence-corrected chi connectivity index (χ1v) is 9.65. The Hall–Kier alpha value is -2.13. The van der Waals surface area contributed by atoms with Crippen molar-refractivity contribution in [3.63, 3.8) is 0 Å². The van der Waals surface area contributed by atoms with Gasteiger partial charge in [0.2, 0.25) is 5.95 Å². The van der Waals surface area contributed by atoms with Crippen LogP contribution in [0.2, 0.25) is 0 Å². The number of rotatable bonds is 5. The number of halogens is 4. The standard InChI is InChI=1S/C18H16BrF3N4S/c1-4-5-11(2)24-16(27-3)15-6-7-23-17(26-15)25-14-9-12(18(20,21)22)8-13(19)10-14/h4-10H,1H2,2-3H3,(H,23,25,26)/b11-5+,24-16?. The summed E-state index contributed by atoms with van der Waals surface area (Å²) < 4.78 is 39.2. The van der Waals surface area contributed by atoms with Crippen LogP contribution in [-0.4, -0.2) is 21.3 Å². The van der Waals surface area contributed by atoms with E-state index in [1.165, 1.54) is 24.0 Å². The molecule has 0 amide bonds. The van der Waals surface area contributed by atoms with E-state index in [-0.39, 0.29) is 11.6 Å². The van der Waals surface area contributed by atoms with E-state index in [0.717, 1.165) is 17.8 Å². The van der Waals surface area contributed by atoms with Gasteiger partial charge in [-0.1, -0.05) is 28.6 Å². The largest absolute Gasteiger partial charge is 0.416 e. The third kappa shape index (κ3) is 6.21. The minimum absolute atomic E-state index is 0.172. The maximum absolute atomic E-state index is 13.0. The van der Waals surface area contributed by atoms with Crippen LogP contribution in [0.5, 0.6) is 0 Å². The molecule has 2 rings (SSSR count). The third-order valence-corrected chi connectivity index (χ3v) is 4.33. The Labute approximate surface area is 167 Å². The van der Waals surface area contributed by atoms with Gasteiger partial charge in [-0.15, -0.1) is 11.8 Å². The zero-order valence-corrected chi connectivity index (χ0v) is 16.9. The molecule has 0 saturated heterocycles. The number of hydrogen-bond donors (Lipinski definition) is 1. The molecule has 0 aliphatic carbocycles. The molecule has 0 aliphatic rings. The molecule has 9 heteroatoms. The van der Waals surface area contributed by atoms with Gasteiger partial charge in [0, 0.05) is 22.1 Å². The molecular formula is C18H16BrF3N4S. The average Bonchev–Trinajstić information content (AvgIpc) is 2.59. The normalized spacial score (nSPS) is 12.8. The highest BCUT2D eigenvalue weighted by Crippen LogP contribution is 2.33. The van der Waals surface area contributed by atoms with Crippen LogP contribution in [-0.2, 0) is 6.18 Å². The summed E-state index contributed by atoms with van der Waals surface area (Å²) in [4.78, 5) is 12.9. The van der Waals surface area contributed by atoms with Crippen LogP contribution >= 0.6 is 27.7 Å². The molecule has 0 radical (unpaired) electrons. The van der Waals surface area contributed by atoms with Gasteiger partial charge in [0.25, 0.3) is 0 Å². The van der Waals surface area contributed by atoms with Gasteiger partial charge in [-0.25, -0.2) is 15.0 Å². The number of nitrogens with one attached hydrogen (secondary N) is 1. The van der Waals surface area contributed by atoms with E-state index in [1.807, 2.05) is 13.2 Å². The van der Waals surface area contributed by atoms with E-state index in [1.54, 1.807) is 18.2 Å². The van der Waals surface area contributed by atoms with Gasteiger partial charge in [0.1, 0.15) is 10.7 Å². The van der Waals surface area contributed by atoms with Gasteiger partial charge in [-0.2, -0.15) is 13.2 Å². The minimum atomic E-state index is -4.45. The Kier molecular flexibility index (Phi) is 7.20. The Morgan fingerprint density at radius 2 is 2.07 bits per heavy atom. The van der Waals surface area contributed by atoms with Crippen molar-refractivity contribution in [2.75, 3.05) is 11.6 Å². The highest BCUT2D eigenvalue weighted by atomic mass is 79.9. The number of hydrogen-bond acceptors (Lipinski definition) is 5. The van der Waals surface area contributed by atoms with Crippen molar-refractivity contribution in [2.24, 2.45) is 4.99 Å². The van der Waals surface area contributed by atoms with Crippen LogP contribution in [0.3, 0.4) is 0 Å². The van der Waals surface area contributed by atoms with Gasteiger partial charge in [-0.05, 0) is 43.5 Å². The maximum Gasteiger partial charge on any atom is 0.416 e. The predicted octanol–water partition coefficient (Wildman–Crippen LogP) is 6.20. The number of nitrogens with zero attached hydrogens (tertiary/aromatic N) is 3. The van der Waals surface area contributed by atoms with E-state index in [2.05, 4.69) is 42.8 Å². The first-order chi connectivity index (χ1) is 12.7. The quantitative estimate of drug-likeness (QED) is 0.330. The van der Waals surface area contributed by atoms with Crippen LogP contribution < -0.4 is 5.32 Å². The van der Waals surface area contributed by atoms with Crippen molar-refractivity contribution in [2.45, 2.75) is 13.1 Å². The molecule has 27 heavy (non-hydrogen) atoms. The second-order valence-electron chi connectivity index (χ2n) is 5.28. The van der Waals surface area contributed by atoms with Gasteiger partial charge >= 0.3 is 6.18 Å². The molecule has 0 unspecified atom stereocenters. The van der Waals surface area contributed by atoms with Gasteiger partial charge in [0.15, 0.2) is 0 Å². The number of aliphatic imine (C=N–C) groups is 1. The first-order valence-electron chi connectivity index (χ1n) is 7.63. The lowest BCUT2D eigenvalue weighted by atomic mass is 10.2. The van der Waals surface area contributed by atoms with Crippen molar-refractivity contribution >= 4 is 44.4 Å². The molecule has 0 bridgehead atoms. The summed E-state index contributed by atoms with van der Waals surface area (Å²) in [6, 6.07) is 5.21. The monoisotopic (exact) mass is 456 g/mol. The Bertz CT molecular complexity index is 894. The topological polar surface area (TPSA) is 50.2 Å². The van der Waals surface area contributed by atoms with Gasteiger partial charge in [0.05, 0.1) is 5.56 Å². The fourth-order valence-electron chi connectivity index (χ4n) is 2.07. The first kappa shape index (κ1) is 21.2. The Balaban J connectivity index is 2.35. The molecule has 0 aliphatic heterocycles. The van der Waals surface area contributed by atoms with E-state index >= 15 is 0 Å². The third-order valence-electron chi connectivity index (χ3n) is 3.19. The number of anilines is 2. The van der Waals surface area contributed by atoms with Gasteiger partial charge in [-0.3, -0.25) is 0 Å². The fourth-order valence-corrected chi connectivity index (χ4v) is 3.12. The molecule has 1 N–H and O–H groups in total.